The number of hydrogen-bond donors (Lipinski definition) is 5. The molecule has 5 rings (SSSR count). The lowest BCUT2D eigenvalue weighted by Crippen LogP contribution is -2.20. The third-order valence-corrected chi connectivity index (χ3v) is 7.63. The summed E-state index contributed by atoms with van der Waals surface area (Å²) in [6.07, 6.45) is 2.58. The zero-order valence-electron chi connectivity index (χ0n) is 24.1. The Bertz CT molecular complexity index is 1900. The Morgan fingerprint density at radius 3 is 2.45 bits per heavy atom. The first kappa shape index (κ1) is 29.7. The van der Waals surface area contributed by atoms with Gasteiger partial charge in [0.25, 0.3) is 5.91 Å². The molecule has 2 aromatic heterocycles. The molecule has 5 N–H and O–H groups in total. The standard InChI is InChI=1S/C32H29N7O4S/c1-5-26(40)36-23-11-8-9-19(3)27(23)39-30-29-28(33-17-34-30)21(16-44-29)31(41)37-24-15-20(14-13-18(24)2)35-32(42)38-22-10-6-7-12-25(22)43-4/h5-17H,1H2,2-4H3,(H,36,40)(H,37,41)(H,33,34,39)(H2,35,38,42). The van der Waals surface area contributed by atoms with Crippen molar-refractivity contribution in [1.82, 2.24) is 9.97 Å². The van der Waals surface area contributed by atoms with Crippen LogP contribution in [-0.4, -0.2) is 34.9 Å². The summed E-state index contributed by atoms with van der Waals surface area (Å²) in [6, 6.07) is 17.4. The van der Waals surface area contributed by atoms with Gasteiger partial charge in [-0.1, -0.05) is 36.9 Å². The van der Waals surface area contributed by atoms with Gasteiger partial charge in [0, 0.05) is 16.8 Å². The molecule has 4 amide bonds. The van der Waals surface area contributed by atoms with Crippen LogP contribution >= 0.6 is 11.3 Å². The highest BCUT2D eigenvalue weighted by Gasteiger charge is 2.19. The molecule has 0 atom stereocenters. The molecule has 2 heterocycles. The number of para-hydroxylation sites is 3. The SMILES string of the molecule is C=CC(=O)Nc1cccc(C)c1Nc1ncnc2c(C(=O)Nc3cc(NC(=O)Nc4ccccc4OC)ccc3C)csc12. The summed E-state index contributed by atoms with van der Waals surface area (Å²) in [5.74, 6) is 0.317. The van der Waals surface area contributed by atoms with E-state index < -0.39 is 6.03 Å². The number of nitrogens with one attached hydrogen (secondary N) is 5. The van der Waals surface area contributed by atoms with Gasteiger partial charge >= 0.3 is 6.03 Å². The van der Waals surface area contributed by atoms with Gasteiger partial charge in [0.15, 0.2) is 5.82 Å². The molecule has 0 aliphatic carbocycles. The average Bonchev–Trinajstić information content (AvgIpc) is 3.46. The summed E-state index contributed by atoms with van der Waals surface area (Å²) in [5, 5.41) is 16.3. The minimum absolute atomic E-state index is 0.340. The minimum Gasteiger partial charge on any atom is -0.495 e. The molecule has 0 fully saturated rings. The largest absolute Gasteiger partial charge is 0.495 e. The number of fused-ring (bicyclic) bond motifs is 1. The maximum absolute atomic E-state index is 13.5. The van der Waals surface area contributed by atoms with Crippen LogP contribution in [0.1, 0.15) is 21.5 Å². The first-order chi connectivity index (χ1) is 21.3. The van der Waals surface area contributed by atoms with Crippen molar-refractivity contribution in [3.8, 4) is 5.75 Å². The Morgan fingerprint density at radius 1 is 0.864 bits per heavy atom. The topological polar surface area (TPSA) is 146 Å². The van der Waals surface area contributed by atoms with E-state index in [1.165, 1.54) is 30.8 Å². The second-order valence-electron chi connectivity index (χ2n) is 9.63. The second kappa shape index (κ2) is 13.0. The van der Waals surface area contributed by atoms with Gasteiger partial charge in [-0.2, -0.15) is 0 Å². The molecule has 0 aliphatic rings. The third-order valence-electron chi connectivity index (χ3n) is 6.66. The highest BCUT2D eigenvalue weighted by molar-refractivity contribution is 7.18. The minimum atomic E-state index is -0.461. The fraction of sp³-hybridized carbons (Fsp3) is 0.0938. The van der Waals surface area contributed by atoms with Gasteiger partial charge in [0.05, 0.1) is 40.0 Å². The van der Waals surface area contributed by atoms with Crippen molar-refractivity contribution in [2.75, 3.05) is 33.7 Å². The number of carbonyl (C=O) groups excluding carboxylic acids is 3. The first-order valence-corrected chi connectivity index (χ1v) is 14.3. The van der Waals surface area contributed by atoms with Crippen LogP contribution in [-0.2, 0) is 4.79 Å². The maximum Gasteiger partial charge on any atom is 0.323 e. The number of amides is 4. The first-order valence-electron chi connectivity index (χ1n) is 13.4. The zero-order valence-corrected chi connectivity index (χ0v) is 25.0. The molecule has 5 aromatic rings. The fourth-order valence-corrected chi connectivity index (χ4v) is 5.34. The monoisotopic (exact) mass is 607 g/mol. The number of hydrogen-bond acceptors (Lipinski definition) is 8. The van der Waals surface area contributed by atoms with E-state index in [9.17, 15) is 14.4 Å². The number of rotatable bonds is 9. The molecule has 0 radical (unpaired) electrons. The fourth-order valence-electron chi connectivity index (χ4n) is 4.40. The summed E-state index contributed by atoms with van der Waals surface area (Å²) >= 11 is 1.32. The lowest BCUT2D eigenvalue weighted by Gasteiger charge is -2.15. The number of methoxy groups -OCH3 is 1. The van der Waals surface area contributed by atoms with Crippen molar-refractivity contribution in [2.24, 2.45) is 0 Å². The van der Waals surface area contributed by atoms with Crippen LogP contribution in [0.2, 0.25) is 0 Å². The van der Waals surface area contributed by atoms with Gasteiger partial charge in [-0.05, 0) is 61.4 Å². The number of aromatic nitrogens is 2. The van der Waals surface area contributed by atoms with Crippen molar-refractivity contribution in [3.63, 3.8) is 0 Å². The Balaban J connectivity index is 1.35. The van der Waals surface area contributed by atoms with Crippen molar-refractivity contribution >= 4 is 73.7 Å². The normalized spacial score (nSPS) is 10.5. The van der Waals surface area contributed by atoms with Crippen LogP contribution in [0.5, 0.6) is 5.75 Å². The molecular formula is C32H29N7O4S. The highest BCUT2D eigenvalue weighted by Crippen LogP contribution is 2.35. The van der Waals surface area contributed by atoms with Gasteiger partial charge in [-0.25, -0.2) is 14.8 Å². The van der Waals surface area contributed by atoms with E-state index in [0.29, 0.717) is 55.8 Å². The molecule has 3 aromatic carbocycles. The van der Waals surface area contributed by atoms with E-state index in [1.807, 2.05) is 32.0 Å². The maximum atomic E-state index is 13.5. The number of thiophene rings is 1. The van der Waals surface area contributed by atoms with Gasteiger partial charge in [0.1, 0.15) is 12.1 Å². The Morgan fingerprint density at radius 2 is 1.66 bits per heavy atom. The van der Waals surface area contributed by atoms with E-state index in [1.54, 1.807) is 47.8 Å². The van der Waals surface area contributed by atoms with E-state index in [-0.39, 0.29) is 11.8 Å². The Kier molecular flexibility index (Phi) is 8.82. The highest BCUT2D eigenvalue weighted by atomic mass is 32.1. The van der Waals surface area contributed by atoms with Crippen LogP contribution in [0.4, 0.5) is 39.0 Å². The number of ether oxygens (including phenoxy) is 1. The van der Waals surface area contributed by atoms with E-state index in [2.05, 4.69) is 43.1 Å². The Hall–Kier alpha value is -5.75. The zero-order chi connectivity index (χ0) is 31.2. The van der Waals surface area contributed by atoms with Crippen molar-refractivity contribution in [2.45, 2.75) is 13.8 Å². The van der Waals surface area contributed by atoms with E-state index >= 15 is 0 Å². The van der Waals surface area contributed by atoms with Gasteiger partial charge in [-0.3, -0.25) is 9.59 Å². The quantitative estimate of drug-likeness (QED) is 0.113. The second-order valence-corrected chi connectivity index (χ2v) is 10.5. The summed E-state index contributed by atoms with van der Waals surface area (Å²) < 4.78 is 5.95. The predicted molar refractivity (Wildman–Crippen MR) is 175 cm³/mol. The molecule has 0 saturated carbocycles. The summed E-state index contributed by atoms with van der Waals surface area (Å²) in [4.78, 5) is 46.9. The van der Waals surface area contributed by atoms with Crippen molar-refractivity contribution in [1.29, 1.82) is 0 Å². The lowest BCUT2D eigenvalue weighted by molar-refractivity contribution is -0.111. The van der Waals surface area contributed by atoms with E-state index in [0.717, 1.165) is 11.1 Å². The van der Waals surface area contributed by atoms with E-state index in [4.69, 9.17) is 4.74 Å². The molecule has 0 aliphatic heterocycles. The number of benzene rings is 3. The molecule has 0 unspecified atom stereocenters. The molecule has 11 nitrogen and oxygen atoms in total. The molecule has 222 valence electrons. The molecule has 0 saturated heterocycles. The summed E-state index contributed by atoms with van der Waals surface area (Å²) in [5.41, 5.74) is 5.29. The van der Waals surface area contributed by atoms with Crippen molar-refractivity contribution < 1.29 is 19.1 Å². The summed E-state index contributed by atoms with van der Waals surface area (Å²) in [7, 11) is 1.53. The lowest BCUT2D eigenvalue weighted by atomic mass is 10.1. The van der Waals surface area contributed by atoms with Crippen LogP contribution in [0.25, 0.3) is 10.2 Å². The molecule has 0 bridgehead atoms. The third kappa shape index (κ3) is 6.50. The van der Waals surface area contributed by atoms with Gasteiger partial charge < -0.3 is 31.3 Å². The average molecular weight is 608 g/mol. The predicted octanol–water partition coefficient (Wildman–Crippen LogP) is 7.08. The van der Waals surface area contributed by atoms with Crippen LogP contribution in [0, 0.1) is 13.8 Å². The number of carbonyl (C=O) groups is 3. The molecular weight excluding hydrogens is 578 g/mol. The number of urea groups is 1. The van der Waals surface area contributed by atoms with Gasteiger partial charge in [-0.15, -0.1) is 11.3 Å². The number of aryl methyl sites for hydroxylation is 2. The van der Waals surface area contributed by atoms with Crippen LogP contribution in [0.3, 0.4) is 0 Å². The molecule has 0 spiro atoms. The van der Waals surface area contributed by atoms with Crippen molar-refractivity contribution in [3.05, 3.63) is 102 Å². The summed E-state index contributed by atoms with van der Waals surface area (Å²) in [6.45, 7) is 7.28. The number of nitrogens with zero attached hydrogens (tertiary/aromatic N) is 2. The number of anilines is 6. The molecule has 12 heteroatoms. The smallest absolute Gasteiger partial charge is 0.323 e. The molecule has 44 heavy (non-hydrogen) atoms. The Labute approximate surface area is 257 Å². The van der Waals surface area contributed by atoms with Gasteiger partial charge in [0.2, 0.25) is 5.91 Å². The van der Waals surface area contributed by atoms with Crippen LogP contribution < -0.4 is 31.3 Å². The van der Waals surface area contributed by atoms with Crippen LogP contribution in [0.15, 0.2) is 85.0 Å².